The summed E-state index contributed by atoms with van der Waals surface area (Å²) in [6.45, 7) is 2.60. The zero-order valence-electron chi connectivity index (χ0n) is 10.3. The summed E-state index contributed by atoms with van der Waals surface area (Å²) in [4.78, 5) is 16.6. The van der Waals surface area contributed by atoms with Crippen molar-refractivity contribution in [2.45, 2.75) is 13.5 Å². The molecule has 0 aliphatic rings. The maximum Gasteiger partial charge on any atom is 0.354 e. The summed E-state index contributed by atoms with van der Waals surface area (Å²) < 4.78 is 5.23. The lowest BCUT2D eigenvalue weighted by atomic mass is 10.2. The summed E-state index contributed by atoms with van der Waals surface area (Å²) in [6.07, 6.45) is 3.21. The normalized spacial score (nSPS) is 10.3. The third-order valence-electron chi connectivity index (χ3n) is 2.78. The minimum Gasteiger partial charge on any atom is -0.477 e. The van der Waals surface area contributed by atoms with E-state index < -0.39 is 5.97 Å². The van der Waals surface area contributed by atoms with E-state index in [4.69, 9.17) is 9.52 Å². The molecule has 5 nitrogen and oxygen atoms in total. The van der Waals surface area contributed by atoms with Crippen molar-refractivity contribution in [3.05, 3.63) is 47.7 Å². The molecule has 18 heavy (non-hydrogen) atoms. The van der Waals surface area contributed by atoms with Gasteiger partial charge in [0.2, 0.25) is 0 Å². The van der Waals surface area contributed by atoms with Crippen LogP contribution in [0.15, 0.2) is 35.1 Å². The molecule has 0 atom stereocenters. The summed E-state index contributed by atoms with van der Waals surface area (Å²) in [6, 6.07) is 5.16. The number of carboxylic acid groups (broad SMARTS) is 1. The second kappa shape index (κ2) is 4.91. The maximum atomic E-state index is 10.7. The first-order valence-corrected chi connectivity index (χ1v) is 5.51. The Morgan fingerprint density at radius 2 is 2.22 bits per heavy atom. The predicted molar refractivity (Wildman–Crippen MR) is 66.7 cm³/mol. The van der Waals surface area contributed by atoms with Crippen molar-refractivity contribution >= 4 is 11.7 Å². The van der Waals surface area contributed by atoms with E-state index in [1.165, 1.54) is 6.07 Å². The molecule has 0 saturated heterocycles. The zero-order valence-corrected chi connectivity index (χ0v) is 10.3. The van der Waals surface area contributed by atoms with E-state index in [-0.39, 0.29) is 5.69 Å². The summed E-state index contributed by atoms with van der Waals surface area (Å²) in [5, 5.41) is 8.77. The quantitative estimate of drug-likeness (QED) is 0.896. The molecule has 0 aliphatic carbocycles. The smallest absolute Gasteiger partial charge is 0.354 e. The highest BCUT2D eigenvalue weighted by Crippen LogP contribution is 2.17. The van der Waals surface area contributed by atoms with Crippen LogP contribution in [0.25, 0.3) is 0 Å². The Bertz CT molecular complexity index is 546. The first kappa shape index (κ1) is 12.2. The predicted octanol–water partition coefficient (Wildman–Crippen LogP) is 2.32. The van der Waals surface area contributed by atoms with Gasteiger partial charge in [-0.2, -0.15) is 0 Å². The van der Waals surface area contributed by atoms with Gasteiger partial charge in [-0.3, -0.25) is 0 Å². The summed E-state index contributed by atoms with van der Waals surface area (Å²) in [7, 11) is 1.92. The Kier molecular flexibility index (Phi) is 3.32. The van der Waals surface area contributed by atoms with Crippen LogP contribution in [0, 0.1) is 6.92 Å². The fourth-order valence-electron chi connectivity index (χ4n) is 1.66. The van der Waals surface area contributed by atoms with Gasteiger partial charge in [0.05, 0.1) is 18.1 Å². The molecule has 0 radical (unpaired) electrons. The minimum atomic E-state index is -1.02. The number of hydrogen-bond donors (Lipinski definition) is 1. The van der Waals surface area contributed by atoms with Crippen molar-refractivity contribution in [3.8, 4) is 0 Å². The molecule has 0 bridgehead atoms. The number of aromatic nitrogens is 1. The second-order valence-electron chi connectivity index (χ2n) is 4.06. The first-order chi connectivity index (χ1) is 8.58. The molecule has 2 aromatic rings. The molecule has 0 aliphatic heterocycles. The molecule has 0 unspecified atom stereocenters. The molecule has 0 saturated carbocycles. The fourth-order valence-corrected chi connectivity index (χ4v) is 1.66. The molecule has 2 heterocycles. The van der Waals surface area contributed by atoms with Crippen LogP contribution in [0.3, 0.4) is 0 Å². The lowest BCUT2D eigenvalue weighted by Crippen LogP contribution is -2.17. The van der Waals surface area contributed by atoms with E-state index in [0.717, 1.165) is 17.0 Å². The lowest BCUT2D eigenvalue weighted by Gasteiger charge is -2.18. The summed E-state index contributed by atoms with van der Waals surface area (Å²) in [5.41, 5.74) is 2.01. The molecule has 5 heteroatoms. The fraction of sp³-hybridized carbons (Fsp3) is 0.231. The van der Waals surface area contributed by atoms with Crippen LogP contribution in [0.1, 0.15) is 21.8 Å². The number of aromatic carboxylic acids is 1. The van der Waals surface area contributed by atoms with E-state index in [1.54, 1.807) is 18.5 Å². The van der Waals surface area contributed by atoms with Crippen LogP contribution in [0.4, 0.5) is 5.69 Å². The third kappa shape index (κ3) is 2.51. The first-order valence-electron chi connectivity index (χ1n) is 5.51. The molecule has 1 N–H and O–H groups in total. The molecule has 2 rings (SSSR count). The molecule has 0 spiro atoms. The van der Waals surface area contributed by atoms with Crippen LogP contribution in [0.2, 0.25) is 0 Å². The van der Waals surface area contributed by atoms with Gasteiger partial charge in [-0.1, -0.05) is 0 Å². The number of furan rings is 1. The number of nitrogens with zero attached hydrogens (tertiary/aromatic N) is 2. The van der Waals surface area contributed by atoms with Gasteiger partial charge in [0.15, 0.2) is 0 Å². The number of hydrogen-bond acceptors (Lipinski definition) is 4. The van der Waals surface area contributed by atoms with E-state index in [0.29, 0.717) is 6.54 Å². The SMILES string of the molecule is Cc1occc1CN(C)c1ccc(C(=O)O)nc1. The van der Waals surface area contributed by atoms with Crippen molar-refractivity contribution in [3.63, 3.8) is 0 Å². The molecule has 0 amide bonds. The summed E-state index contributed by atoms with van der Waals surface area (Å²) >= 11 is 0. The van der Waals surface area contributed by atoms with Crippen LogP contribution in [-0.4, -0.2) is 23.1 Å². The van der Waals surface area contributed by atoms with Gasteiger partial charge in [-0.15, -0.1) is 0 Å². The Morgan fingerprint density at radius 3 is 2.72 bits per heavy atom. The van der Waals surface area contributed by atoms with Gasteiger partial charge in [0.1, 0.15) is 11.5 Å². The highest BCUT2D eigenvalue weighted by Gasteiger charge is 2.08. The van der Waals surface area contributed by atoms with Crippen LogP contribution >= 0.6 is 0 Å². The van der Waals surface area contributed by atoms with Gasteiger partial charge < -0.3 is 14.4 Å². The Balaban J connectivity index is 2.12. The third-order valence-corrected chi connectivity index (χ3v) is 2.78. The average molecular weight is 246 g/mol. The molecular weight excluding hydrogens is 232 g/mol. The monoisotopic (exact) mass is 246 g/mol. The topological polar surface area (TPSA) is 66.6 Å². The van der Waals surface area contributed by atoms with Crippen LogP contribution in [0.5, 0.6) is 0 Å². The van der Waals surface area contributed by atoms with Crippen molar-refractivity contribution < 1.29 is 14.3 Å². The highest BCUT2D eigenvalue weighted by atomic mass is 16.4. The Hall–Kier alpha value is -2.30. The van der Waals surface area contributed by atoms with Gasteiger partial charge in [-0.05, 0) is 25.1 Å². The Labute approximate surface area is 105 Å². The number of carbonyl (C=O) groups is 1. The van der Waals surface area contributed by atoms with Gasteiger partial charge in [-0.25, -0.2) is 9.78 Å². The second-order valence-corrected chi connectivity index (χ2v) is 4.06. The van der Waals surface area contributed by atoms with Crippen molar-refractivity contribution in [2.24, 2.45) is 0 Å². The van der Waals surface area contributed by atoms with E-state index in [1.807, 2.05) is 24.9 Å². The average Bonchev–Trinajstić information content (AvgIpc) is 2.75. The number of rotatable bonds is 4. The van der Waals surface area contributed by atoms with Crippen LogP contribution in [-0.2, 0) is 6.54 Å². The number of pyridine rings is 1. The molecule has 94 valence electrons. The molecule has 0 aromatic carbocycles. The summed E-state index contributed by atoms with van der Waals surface area (Å²) in [5.74, 6) is -0.133. The zero-order chi connectivity index (χ0) is 13.1. The van der Waals surface area contributed by atoms with Gasteiger partial charge >= 0.3 is 5.97 Å². The van der Waals surface area contributed by atoms with E-state index in [9.17, 15) is 4.79 Å². The van der Waals surface area contributed by atoms with Crippen molar-refractivity contribution in [1.29, 1.82) is 0 Å². The van der Waals surface area contributed by atoms with Crippen molar-refractivity contribution in [1.82, 2.24) is 4.98 Å². The van der Waals surface area contributed by atoms with Gasteiger partial charge in [0.25, 0.3) is 0 Å². The Morgan fingerprint density at radius 1 is 1.44 bits per heavy atom. The number of aryl methyl sites for hydroxylation is 1. The largest absolute Gasteiger partial charge is 0.477 e. The molecular formula is C13H14N2O3. The minimum absolute atomic E-state index is 0.0478. The van der Waals surface area contributed by atoms with E-state index >= 15 is 0 Å². The number of carboxylic acids is 1. The highest BCUT2D eigenvalue weighted by molar-refractivity contribution is 5.85. The van der Waals surface area contributed by atoms with Gasteiger partial charge in [0, 0.05) is 19.2 Å². The lowest BCUT2D eigenvalue weighted by molar-refractivity contribution is 0.0690. The van der Waals surface area contributed by atoms with Crippen molar-refractivity contribution in [2.75, 3.05) is 11.9 Å². The maximum absolute atomic E-state index is 10.7. The molecule has 0 fully saturated rings. The number of anilines is 1. The standard InChI is InChI=1S/C13H14N2O3/c1-9-10(5-6-18-9)8-15(2)11-3-4-12(13(16)17)14-7-11/h3-7H,8H2,1-2H3,(H,16,17). The van der Waals surface area contributed by atoms with E-state index in [2.05, 4.69) is 4.98 Å². The molecule has 2 aromatic heterocycles. The van der Waals surface area contributed by atoms with Crippen LogP contribution < -0.4 is 4.90 Å².